The topological polar surface area (TPSA) is 113 Å². The summed E-state index contributed by atoms with van der Waals surface area (Å²) >= 11 is 0. The molecule has 476 valence electrons. The van der Waals surface area contributed by atoms with Crippen molar-refractivity contribution in [3.05, 3.63) is 188 Å². The highest BCUT2D eigenvalue weighted by Crippen LogP contribution is 2.42. The Morgan fingerprint density at radius 1 is 0.270 bits per heavy atom. The number of ether oxygens (including phenoxy) is 8. The van der Waals surface area contributed by atoms with Gasteiger partial charge in [-0.2, -0.15) is 0 Å². The van der Waals surface area contributed by atoms with Gasteiger partial charge in [-0.15, -0.1) is 0 Å². The number of anilines is 4. The van der Waals surface area contributed by atoms with Crippen LogP contribution in [0.3, 0.4) is 0 Å². The second-order valence-corrected chi connectivity index (χ2v) is 28.9. The molecule has 8 aliphatic rings. The van der Waals surface area contributed by atoms with E-state index in [-0.39, 0.29) is 29.1 Å². The Hall–Kier alpha value is -5.80. The number of hydrogen-bond donors (Lipinski definition) is 0. The Kier molecular flexibility index (Phi) is 18.0. The maximum atomic E-state index is 5.60. The minimum absolute atomic E-state index is 0. The molecule has 0 amide bonds. The molecule has 8 heterocycles. The maximum absolute atomic E-state index is 5.60. The zero-order valence-electron chi connectivity index (χ0n) is 54.5. The number of nitrogens with zero attached hydrogens (tertiary/aromatic N) is 4. The first kappa shape index (κ1) is 63.4. The lowest BCUT2D eigenvalue weighted by Gasteiger charge is -2.33. The minimum Gasteiger partial charge on any atom is -0.371 e. The van der Waals surface area contributed by atoms with Crippen molar-refractivity contribution < 1.29 is 37.9 Å². The number of rotatable bonds is 28. The van der Waals surface area contributed by atoms with E-state index in [0.717, 1.165) is 105 Å². The number of aryl methyl sites for hydroxylation is 4. The Labute approximate surface area is 532 Å². The van der Waals surface area contributed by atoms with Gasteiger partial charge in [-0.05, 0) is 119 Å². The number of hydrogen-bond acceptors (Lipinski definition) is 12. The van der Waals surface area contributed by atoms with E-state index in [4.69, 9.17) is 37.9 Å². The minimum atomic E-state index is -0.129. The molecule has 12 heteroatoms. The summed E-state index contributed by atoms with van der Waals surface area (Å²) in [7, 11) is 0. The van der Waals surface area contributed by atoms with Gasteiger partial charge in [-0.25, -0.2) is 0 Å². The Morgan fingerprint density at radius 2 is 0.427 bits per heavy atom. The molecule has 0 radical (unpaired) electrons. The van der Waals surface area contributed by atoms with Crippen LogP contribution in [0.5, 0.6) is 0 Å². The molecule has 12 nitrogen and oxygen atoms in total. The summed E-state index contributed by atoms with van der Waals surface area (Å²) in [5.74, 6) is 0. The second-order valence-electron chi connectivity index (χ2n) is 28.9. The average molecular weight is 1210 g/mol. The molecule has 8 fully saturated rings. The van der Waals surface area contributed by atoms with Crippen molar-refractivity contribution in [2.24, 2.45) is 0 Å². The molecule has 0 aromatic heterocycles. The monoisotopic (exact) mass is 1210 g/mol. The van der Waals surface area contributed by atoms with Gasteiger partial charge < -0.3 is 57.5 Å². The largest absolute Gasteiger partial charge is 0.371 e. The van der Waals surface area contributed by atoms with Crippen LogP contribution in [0.25, 0.3) is 0 Å². The molecule has 0 N–H and O–H groups in total. The van der Waals surface area contributed by atoms with Crippen LogP contribution in [0.1, 0.15) is 130 Å². The van der Waals surface area contributed by atoms with Gasteiger partial charge in [0.1, 0.15) is 0 Å². The summed E-state index contributed by atoms with van der Waals surface area (Å²) in [6, 6.07) is 46.4. The zero-order valence-corrected chi connectivity index (χ0v) is 54.5. The van der Waals surface area contributed by atoms with Gasteiger partial charge in [0, 0.05) is 96.8 Å². The molecule has 8 atom stereocenters. The molecule has 89 heavy (non-hydrogen) atoms. The van der Waals surface area contributed by atoms with Crippen LogP contribution in [0.2, 0.25) is 0 Å². The first-order valence-electron chi connectivity index (χ1n) is 32.7. The summed E-state index contributed by atoms with van der Waals surface area (Å²) < 4.78 is 44.5. The Balaban J connectivity index is 0.000000172. The van der Waals surface area contributed by atoms with Crippen LogP contribution in [-0.4, -0.2) is 154 Å². The predicted octanol–water partition coefficient (Wildman–Crippen LogP) is 13.0. The quantitative estimate of drug-likeness (QED) is 0.0436. The summed E-state index contributed by atoms with van der Waals surface area (Å²) in [4.78, 5) is 9.81. The molecule has 8 aliphatic heterocycles. The van der Waals surface area contributed by atoms with Crippen LogP contribution >= 0.6 is 0 Å². The van der Waals surface area contributed by atoms with Crippen LogP contribution in [0, 0.1) is 27.7 Å². The smallest absolute Gasteiger partial charge is 0.0984 e. The van der Waals surface area contributed by atoms with E-state index in [0.29, 0.717) is 48.8 Å². The third-order valence-corrected chi connectivity index (χ3v) is 20.2. The van der Waals surface area contributed by atoms with Crippen LogP contribution in [0.15, 0.2) is 121 Å². The highest BCUT2D eigenvalue weighted by Gasteiger charge is 2.38. The van der Waals surface area contributed by atoms with Crippen molar-refractivity contribution >= 4 is 22.7 Å². The average Bonchev–Trinajstić information content (AvgIpc) is 1.35. The first-order chi connectivity index (χ1) is 42.1. The molecule has 8 unspecified atom stereocenters. The fourth-order valence-corrected chi connectivity index (χ4v) is 13.5. The molecule has 0 aliphatic carbocycles. The molecule has 6 aromatic rings. The number of epoxide rings is 8. The van der Waals surface area contributed by atoms with Crippen LogP contribution in [0.4, 0.5) is 22.7 Å². The van der Waals surface area contributed by atoms with Gasteiger partial charge in [-0.1, -0.05) is 160 Å². The van der Waals surface area contributed by atoms with Gasteiger partial charge >= 0.3 is 0 Å². The van der Waals surface area contributed by atoms with Crippen molar-refractivity contribution in [3.8, 4) is 0 Å². The van der Waals surface area contributed by atoms with E-state index in [2.05, 4.69) is 224 Å². The fraction of sp³-hybridized carbons (Fsp3) is 0.532. The summed E-state index contributed by atoms with van der Waals surface area (Å²) in [5.41, 5.74) is 20.6. The molecule has 8 saturated heterocycles. The predicted molar refractivity (Wildman–Crippen MR) is 360 cm³/mol. The first-order valence-corrected chi connectivity index (χ1v) is 32.7. The fourth-order valence-electron chi connectivity index (χ4n) is 13.5. The summed E-state index contributed by atoms with van der Waals surface area (Å²) in [6.07, 6.45) is 2.84. The van der Waals surface area contributed by atoms with Crippen molar-refractivity contribution in [1.29, 1.82) is 0 Å². The molecular formula is C77H100N4O8. The van der Waals surface area contributed by atoms with Gasteiger partial charge in [0.25, 0.3) is 0 Å². The highest BCUT2D eigenvalue weighted by molar-refractivity contribution is 5.64. The lowest BCUT2D eigenvalue weighted by molar-refractivity contribution is 0.388. The third kappa shape index (κ3) is 15.2. The summed E-state index contributed by atoms with van der Waals surface area (Å²) in [6.45, 7) is 42.2. The van der Waals surface area contributed by atoms with E-state index in [1.54, 1.807) is 0 Å². The van der Waals surface area contributed by atoms with E-state index >= 15 is 0 Å². The standard InChI is InChI=1S/C40H52N2O4.C36H44N2O4.CH4/c1-25-13-31(14-26(2)37(25)41(17-33-21-43-33)18-34-22-44-34)39(5,6)29-9-11-30(12-10-29)40(7,8)32-15-27(3)38(28(4)16-32)42(19-35-23-45-35)20-36-24-46-36;1-35(2,27-9-13-29(14-10-27)37(17-31-21-39-31)18-32-22-40-32)25-5-7-26(8-6-25)36(3,4)28-11-15-30(16-12-28)38(19-33-23-41-33)20-34-24-42-34;/h9-16,33-36H,17-24H2,1-8H3;5-16,31-34H,17-24H2,1-4H3;1H4. The van der Waals surface area contributed by atoms with Crippen molar-refractivity contribution in [1.82, 2.24) is 0 Å². The van der Waals surface area contributed by atoms with Crippen LogP contribution in [-0.2, 0) is 59.6 Å². The zero-order chi connectivity index (χ0) is 61.3. The molecule has 6 aromatic carbocycles. The Morgan fingerprint density at radius 3 is 0.607 bits per heavy atom. The van der Waals surface area contributed by atoms with Gasteiger partial charge in [0.05, 0.1) is 102 Å². The summed E-state index contributed by atoms with van der Waals surface area (Å²) in [5, 5.41) is 0. The lowest BCUT2D eigenvalue weighted by Crippen LogP contribution is -2.33. The second kappa shape index (κ2) is 25.4. The maximum Gasteiger partial charge on any atom is 0.0984 e. The highest BCUT2D eigenvalue weighted by atomic mass is 16.6. The van der Waals surface area contributed by atoms with Gasteiger partial charge in [0.2, 0.25) is 0 Å². The van der Waals surface area contributed by atoms with E-state index in [9.17, 15) is 0 Å². The molecule has 0 bridgehead atoms. The normalized spacial score (nSPS) is 23.5. The van der Waals surface area contributed by atoms with E-state index < -0.39 is 0 Å². The van der Waals surface area contributed by atoms with Crippen molar-refractivity contribution in [2.45, 2.75) is 161 Å². The van der Waals surface area contributed by atoms with Crippen LogP contribution < -0.4 is 19.6 Å². The lowest BCUT2D eigenvalue weighted by atomic mass is 9.73. The molecular weight excluding hydrogens is 1110 g/mol. The number of benzene rings is 6. The van der Waals surface area contributed by atoms with Crippen molar-refractivity contribution in [3.63, 3.8) is 0 Å². The Bertz CT molecular complexity index is 3060. The van der Waals surface area contributed by atoms with E-state index in [1.807, 2.05) is 0 Å². The van der Waals surface area contributed by atoms with E-state index in [1.165, 1.54) is 89.5 Å². The van der Waals surface area contributed by atoms with Gasteiger partial charge in [-0.3, -0.25) is 0 Å². The third-order valence-electron chi connectivity index (χ3n) is 20.2. The van der Waals surface area contributed by atoms with Crippen molar-refractivity contribution in [2.75, 3.05) is 125 Å². The van der Waals surface area contributed by atoms with Gasteiger partial charge in [0.15, 0.2) is 0 Å². The SMILES string of the molecule is C.CC(C)(c1ccc(N(CC2CO2)CC2CO2)cc1)c1ccc(C(C)(C)c2ccc(N(CC3CO3)CC3CO3)cc2)cc1.Cc1cc(C(C)(C)c2ccc(C(C)(C)c3cc(C)c(N(CC4CO4)CC4CO4)c(C)c3)cc2)cc(C)c1N(CC1CO1)CC1CO1. The molecule has 0 saturated carbocycles. The molecule has 0 spiro atoms. The molecule has 14 rings (SSSR count).